The van der Waals surface area contributed by atoms with E-state index in [9.17, 15) is 21.6 Å². The minimum atomic E-state index is -3.70. The molecule has 0 aromatic carbocycles. The Kier molecular flexibility index (Phi) is 6.05. The highest BCUT2D eigenvalue weighted by molar-refractivity contribution is 7.86. The van der Waals surface area contributed by atoms with Gasteiger partial charge in [-0.15, -0.1) is 0 Å². The standard InChI is InChI=1S/C12H23NO8S2/c1-12(2,3)20-11(14)13-7-10(21-23(5,17)18)6-9(13)8-19-22(4,15)16/h9-10H,6-8H2,1-5H3. The maximum Gasteiger partial charge on any atom is 0.410 e. The SMILES string of the molecule is CC(C)(C)OC(=O)N1CC(OS(C)(=O)=O)CC1COS(C)(=O)=O. The molecular formula is C12H23NO8S2. The van der Waals surface area contributed by atoms with Crippen molar-refractivity contribution in [2.75, 3.05) is 25.7 Å². The van der Waals surface area contributed by atoms with Gasteiger partial charge in [-0.1, -0.05) is 0 Å². The van der Waals surface area contributed by atoms with Crippen LogP contribution in [0, 0.1) is 0 Å². The molecule has 0 spiro atoms. The lowest BCUT2D eigenvalue weighted by molar-refractivity contribution is 0.0178. The highest BCUT2D eigenvalue weighted by Gasteiger charge is 2.40. The van der Waals surface area contributed by atoms with Gasteiger partial charge < -0.3 is 9.64 Å². The Hall–Kier alpha value is -0.910. The van der Waals surface area contributed by atoms with E-state index in [1.807, 2.05) is 0 Å². The fourth-order valence-electron chi connectivity index (χ4n) is 2.09. The van der Waals surface area contributed by atoms with Gasteiger partial charge in [-0.05, 0) is 27.2 Å². The Bertz CT molecular complexity index is 634. The van der Waals surface area contributed by atoms with Crippen molar-refractivity contribution in [1.29, 1.82) is 0 Å². The summed E-state index contributed by atoms with van der Waals surface area (Å²) in [6, 6.07) is -0.661. The third-order valence-corrected chi connectivity index (χ3v) is 3.98. The summed E-state index contributed by atoms with van der Waals surface area (Å²) in [6.45, 7) is 4.75. The van der Waals surface area contributed by atoms with Crippen molar-refractivity contribution in [2.24, 2.45) is 0 Å². The second kappa shape index (κ2) is 6.91. The summed E-state index contributed by atoms with van der Waals surface area (Å²) in [5.41, 5.74) is -0.741. The van der Waals surface area contributed by atoms with Crippen LogP contribution in [0.2, 0.25) is 0 Å². The highest BCUT2D eigenvalue weighted by Crippen LogP contribution is 2.24. The first-order valence-electron chi connectivity index (χ1n) is 6.88. The number of amides is 1. The van der Waals surface area contributed by atoms with Gasteiger partial charge in [0.1, 0.15) is 5.60 Å². The van der Waals surface area contributed by atoms with Gasteiger partial charge in [-0.25, -0.2) is 4.79 Å². The molecule has 0 radical (unpaired) electrons. The van der Waals surface area contributed by atoms with Crippen molar-refractivity contribution in [2.45, 2.75) is 44.9 Å². The Labute approximate surface area is 137 Å². The summed E-state index contributed by atoms with van der Waals surface area (Å²) in [4.78, 5) is 13.4. The normalized spacial score (nSPS) is 23.1. The zero-order chi connectivity index (χ0) is 18.1. The summed E-state index contributed by atoms with van der Waals surface area (Å²) in [5.74, 6) is 0. The second-order valence-electron chi connectivity index (χ2n) is 6.43. The molecule has 1 heterocycles. The van der Waals surface area contributed by atoms with E-state index in [0.29, 0.717) is 0 Å². The van der Waals surface area contributed by atoms with E-state index in [1.54, 1.807) is 20.8 Å². The molecule has 1 aliphatic heterocycles. The topological polar surface area (TPSA) is 116 Å². The van der Waals surface area contributed by atoms with E-state index in [4.69, 9.17) is 13.1 Å². The van der Waals surface area contributed by atoms with Crippen LogP contribution in [0.1, 0.15) is 27.2 Å². The predicted octanol–water partition coefficient (Wildman–Crippen LogP) is 0.317. The van der Waals surface area contributed by atoms with Crippen LogP contribution in [0.5, 0.6) is 0 Å². The van der Waals surface area contributed by atoms with Crippen LogP contribution in [0.3, 0.4) is 0 Å². The van der Waals surface area contributed by atoms with Crippen LogP contribution in [-0.2, 0) is 33.3 Å². The van der Waals surface area contributed by atoms with Gasteiger partial charge in [0.25, 0.3) is 20.2 Å². The molecule has 1 aliphatic rings. The minimum Gasteiger partial charge on any atom is -0.444 e. The average Bonchev–Trinajstić information content (AvgIpc) is 2.63. The molecule has 0 aliphatic carbocycles. The molecule has 9 nitrogen and oxygen atoms in total. The zero-order valence-corrected chi connectivity index (χ0v) is 15.4. The van der Waals surface area contributed by atoms with E-state index in [2.05, 4.69) is 0 Å². The minimum absolute atomic E-state index is 0.0280. The Morgan fingerprint density at radius 1 is 1.13 bits per heavy atom. The quantitative estimate of drug-likeness (QED) is 0.633. The summed E-state index contributed by atoms with van der Waals surface area (Å²) < 4.78 is 59.6. The number of hydrogen-bond donors (Lipinski definition) is 0. The van der Waals surface area contributed by atoms with Gasteiger partial charge in [0.2, 0.25) is 0 Å². The van der Waals surface area contributed by atoms with Crippen LogP contribution in [0.4, 0.5) is 4.79 Å². The predicted molar refractivity (Wildman–Crippen MR) is 81.9 cm³/mol. The summed E-state index contributed by atoms with van der Waals surface area (Å²) in [7, 11) is -7.38. The molecule has 1 rings (SSSR count). The molecule has 0 saturated carbocycles. The zero-order valence-electron chi connectivity index (χ0n) is 13.8. The molecule has 0 bridgehead atoms. The van der Waals surface area contributed by atoms with Crippen LogP contribution < -0.4 is 0 Å². The molecule has 136 valence electrons. The number of nitrogens with zero attached hydrogens (tertiary/aromatic N) is 1. The summed E-state index contributed by atoms with van der Waals surface area (Å²) in [5, 5.41) is 0. The largest absolute Gasteiger partial charge is 0.444 e. The van der Waals surface area contributed by atoms with Crippen molar-refractivity contribution in [3.05, 3.63) is 0 Å². The van der Waals surface area contributed by atoms with Gasteiger partial charge in [0.15, 0.2) is 0 Å². The first-order chi connectivity index (χ1) is 10.2. The second-order valence-corrected chi connectivity index (χ2v) is 9.68. The van der Waals surface area contributed by atoms with E-state index >= 15 is 0 Å². The van der Waals surface area contributed by atoms with E-state index in [1.165, 1.54) is 4.90 Å². The Balaban J connectivity index is 2.85. The van der Waals surface area contributed by atoms with Crippen molar-refractivity contribution in [1.82, 2.24) is 4.90 Å². The average molecular weight is 373 g/mol. The third-order valence-electron chi connectivity index (χ3n) is 2.79. The fraction of sp³-hybridized carbons (Fsp3) is 0.917. The van der Waals surface area contributed by atoms with E-state index < -0.39 is 44.1 Å². The van der Waals surface area contributed by atoms with E-state index in [0.717, 1.165) is 12.5 Å². The third kappa shape index (κ3) is 7.95. The van der Waals surface area contributed by atoms with Crippen molar-refractivity contribution < 1.29 is 34.7 Å². The number of carbonyl (C=O) groups is 1. The molecule has 1 fully saturated rings. The molecule has 2 atom stereocenters. The number of carbonyl (C=O) groups excluding carboxylic acids is 1. The molecule has 11 heteroatoms. The molecule has 0 aromatic rings. The van der Waals surface area contributed by atoms with E-state index in [-0.39, 0.29) is 19.6 Å². The molecule has 2 unspecified atom stereocenters. The lowest BCUT2D eigenvalue weighted by Gasteiger charge is -2.28. The first kappa shape index (κ1) is 20.1. The van der Waals surface area contributed by atoms with Crippen molar-refractivity contribution in [3.63, 3.8) is 0 Å². The molecule has 0 aromatic heterocycles. The van der Waals surface area contributed by atoms with Crippen LogP contribution >= 0.6 is 0 Å². The first-order valence-corrected chi connectivity index (χ1v) is 10.5. The Morgan fingerprint density at radius 3 is 2.13 bits per heavy atom. The van der Waals surface area contributed by atoms with Gasteiger partial charge >= 0.3 is 6.09 Å². The van der Waals surface area contributed by atoms with Gasteiger partial charge in [-0.2, -0.15) is 16.8 Å². The highest BCUT2D eigenvalue weighted by atomic mass is 32.2. The van der Waals surface area contributed by atoms with Crippen LogP contribution in [0.25, 0.3) is 0 Å². The van der Waals surface area contributed by atoms with Crippen molar-refractivity contribution >= 4 is 26.3 Å². The van der Waals surface area contributed by atoms with Crippen molar-refractivity contribution in [3.8, 4) is 0 Å². The fourth-order valence-corrected chi connectivity index (χ4v) is 3.13. The van der Waals surface area contributed by atoms with Gasteiger partial charge in [-0.3, -0.25) is 8.37 Å². The molecule has 0 N–H and O–H groups in total. The summed E-state index contributed by atoms with van der Waals surface area (Å²) in [6.07, 6.45) is 0.474. The molecule has 23 heavy (non-hydrogen) atoms. The number of rotatable bonds is 5. The lowest BCUT2D eigenvalue weighted by Crippen LogP contribution is -2.42. The monoisotopic (exact) mass is 373 g/mol. The Morgan fingerprint density at radius 2 is 1.70 bits per heavy atom. The number of hydrogen-bond acceptors (Lipinski definition) is 8. The molecule has 1 amide bonds. The smallest absolute Gasteiger partial charge is 0.410 e. The lowest BCUT2D eigenvalue weighted by atomic mass is 10.2. The maximum atomic E-state index is 12.2. The number of likely N-dealkylation sites (tertiary alicyclic amines) is 1. The van der Waals surface area contributed by atoms with Gasteiger partial charge in [0.05, 0.1) is 37.8 Å². The maximum absolute atomic E-state index is 12.2. The van der Waals surface area contributed by atoms with Gasteiger partial charge in [0, 0.05) is 0 Å². The van der Waals surface area contributed by atoms with Crippen LogP contribution in [0.15, 0.2) is 0 Å². The number of ether oxygens (including phenoxy) is 1. The summed E-state index contributed by atoms with van der Waals surface area (Å²) >= 11 is 0. The van der Waals surface area contributed by atoms with Crippen LogP contribution in [-0.4, -0.2) is 71.2 Å². The molecular weight excluding hydrogens is 350 g/mol. The molecule has 1 saturated heterocycles.